The molecule has 30 heavy (non-hydrogen) atoms. The predicted octanol–water partition coefficient (Wildman–Crippen LogP) is 4.25. The minimum absolute atomic E-state index is 0.240. The quantitative estimate of drug-likeness (QED) is 0.755. The van der Waals surface area contributed by atoms with Crippen LogP contribution < -0.4 is 19.7 Å². The summed E-state index contributed by atoms with van der Waals surface area (Å²) in [6.45, 7) is 1.60. The Morgan fingerprint density at radius 1 is 1.20 bits per heavy atom. The zero-order valence-corrected chi connectivity index (χ0v) is 17.0. The van der Waals surface area contributed by atoms with E-state index in [9.17, 15) is 18.0 Å². The van der Waals surface area contributed by atoms with Gasteiger partial charge >= 0.3 is 12.2 Å². The van der Waals surface area contributed by atoms with Crippen molar-refractivity contribution in [1.82, 2.24) is 4.90 Å². The molecule has 0 saturated heterocycles. The molecule has 0 aliphatic carbocycles. The van der Waals surface area contributed by atoms with E-state index in [0.29, 0.717) is 30.0 Å². The van der Waals surface area contributed by atoms with E-state index >= 15 is 0 Å². The summed E-state index contributed by atoms with van der Waals surface area (Å²) in [5.74, 6) is 0.427. The maximum atomic E-state index is 13.3. The van der Waals surface area contributed by atoms with Crippen molar-refractivity contribution in [2.45, 2.75) is 12.6 Å². The zero-order chi connectivity index (χ0) is 21.9. The molecule has 3 rings (SSSR count). The fraction of sp³-hybridized carbons (Fsp3) is 0.381. The van der Waals surface area contributed by atoms with Crippen molar-refractivity contribution < 1.29 is 27.4 Å². The van der Waals surface area contributed by atoms with E-state index in [4.69, 9.17) is 9.47 Å². The molecule has 0 saturated carbocycles. The molecule has 1 aliphatic rings. The summed E-state index contributed by atoms with van der Waals surface area (Å²) in [7, 11) is 5.10. The maximum absolute atomic E-state index is 13.3. The third kappa shape index (κ3) is 4.96. The Morgan fingerprint density at radius 3 is 2.50 bits per heavy atom. The molecule has 1 aliphatic heterocycles. The van der Waals surface area contributed by atoms with Crippen LogP contribution in [0.3, 0.4) is 0 Å². The van der Waals surface area contributed by atoms with Crippen LogP contribution in [0.5, 0.6) is 11.5 Å². The third-order valence-corrected chi connectivity index (χ3v) is 4.76. The summed E-state index contributed by atoms with van der Waals surface area (Å²) < 4.78 is 50.5. The van der Waals surface area contributed by atoms with Gasteiger partial charge in [-0.2, -0.15) is 13.2 Å². The number of rotatable bonds is 6. The molecule has 1 heterocycles. The molecule has 0 radical (unpaired) electrons. The van der Waals surface area contributed by atoms with Crippen LogP contribution in [0.25, 0.3) is 0 Å². The number of anilines is 2. The van der Waals surface area contributed by atoms with Gasteiger partial charge in [-0.25, -0.2) is 4.79 Å². The number of methoxy groups -OCH3 is 1. The highest BCUT2D eigenvalue weighted by molar-refractivity contribution is 6.03. The Balaban J connectivity index is 1.71. The van der Waals surface area contributed by atoms with Gasteiger partial charge in [0, 0.05) is 24.5 Å². The van der Waals surface area contributed by atoms with Crippen LogP contribution in [0.15, 0.2) is 36.4 Å². The van der Waals surface area contributed by atoms with Crippen molar-refractivity contribution in [3.8, 4) is 11.5 Å². The average molecular weight is 423 g/mol. The molecule has 2 aromatic carbocycles. The number of carbonyl (C=O) groups excluding carboxylic acids is 1. The first kappa shape index (κ1) is 21.8. The van der Waals surface area contributed by atoms with Crippen molar-refractivity contribution in [3.63, 3.8) is 0 Å². The number of hydrogen-bond acceptors (Lipinski definition) is 4. The SMILES string of the molecule is COc1cc2c(cc1C(F)(F)F)N(C(=O)Nc1ccc(OCCN(C)C)cc1)CC2. The van der Waals surface area contributed by atoms with E-state index in [2.05, 4.69) is 5.32 Å². The van der Waals surface area contributed by atoms with Gasteiger partial charge in [0.2, 0.25) is 0 Å². The summed E-state index contributed by atoms with van der Waals surface area (Å²) in [5, 5.41) is 2.72. The van der Waals surface area contributed by atoms with Crippen molar-refractivity contribution in [1.29, 1.82) is 0 Å². The smallest absolute Gasteiger partial charge is 0.420 e. The van der Waals surface area contributed by atoms with Gasteiger partial charge < -0.3 is 19.7 Å². The van der Waals surface area contributed by atoms with E-state index in [1.165, 1.54) is 18.1 Å². The molecular weight excluding hydrogens is 399 g/mol. The Labute approximate surface area is 173 Å². The summed E-state index contributed by atoms with van der Waals surface area (Å²) in [5.41, 5.74) is 0.504. The number of amides is 2. The molecule has 0 aromatic heterocycles. The van der Waals surface area contributed by atoms with Gasteiger partial charge in [0.15, 0.2) is 0 Å². The Hall–Kier alpha value is -2.94. The van der Waals surface area contributed by atoms with Gasteiger partial charge in [-0.05, 0) is 62.5 Å². The van der Waals surface area contributed by atoms with E-state index in [0.717, 1.165) is 12.6 Å². The minimum atomic E-state index is -4.58. The number of urea groups is 1. The Kier molecular flexibility index (Phi) is 6.40. The fourth-order valence-electron chi connectivity index (χ4n) is 3.19. The lowest BCUT2D eigenvalue weighted by Crippen LogP contribution is -2.33. The molecule has 9 heteroatoms. The normalized spacial score (nSPS) is 13.4. The number of nitrogens with zero attached hydrogens (tertiary/aromatic N) is 2. The van der Waals surface area contributed by atoms with Gasteiger partial charge in [0.25, 0.3) is 0 Å². The number of alkyl halides is 3. The van der Waals surface area contributed by atoms with Crippen molar-refractivity contribution in [2.24, 2.45) is 0 Å². The van der Waals surface area contributed by atoms with Crippen LogP contribution in [0, 0.1) is 0 Å². The molecule has 2 aromatic rings. The third-order valence-electron chi connectivity index (χ3n) is 4.76. The molecule has 6 nitrogen and oxygen atoms in total. The monoisotopic (exact) mass is 423 g/mol. The summed E-state index contributed by atoms with van der Waals surface area (Å²) in [4.78, 5) is 16.0. The highest BCUT2D eigenvalue weighted by Gasteiger charge is 2.37. The number of halogens is 3. The van der Waals surface area contributed by atoms with Gasteiger partial charge in [-0.1, -0.05) is 0 Å². The van der Waals surface area contributed by atoms with Gasteiger partial charge in [0.1, 0.15) is 18.1 Å². The van der Waals surface area contributed by atoms with Crippen molar-refractivity contribution in [2.75, 3.05) is 51.1 Å². The second-order valence-corrected chi connectivity index (χ2v) is 7.19. The Morgan fingerprint density at radius 2 is 1.90 bits per heavy atom. The van der Waals surface area contributed by atoms with Gasteiger partial charge in [0.05, 0.1) is 12.7 Å². The summed E-state index contributed by atoms with van der Waals surface area (Å²) >= 11 is 0. The molecule has 2 amide bonds. The first-order valence-electron chi connectivity index (χ1n) is 9.43. The van der Waals surface area contributed by atoms with Crippen LogP contribution in [0.2, 0.25) is 0 Å². The average Bonchev–Trinajstić information content (AvgIpc) is 3.10. The van der Waals surface area contributed by atoms with Crippen LogP contribution >= 0.6 is 0 Å². The van der Waals surface area contributed by atoms with E-state index in [1.807, 2.05) is 19.0 Å². The highest BCUT2D eigenvalue weighted by Crippen LogP contribution is 2.42. The molecule has 0 unspecified atom stereocenters. The highest BCUT2D eigenvalue weighted by atomic mass is 19.4. The van der Waals surface area contributed by atoms with Crippen LogP contribution in [-0.4, -0.2) is 51.8 Å². The molecule has 0 spiro atoms. The molecule has 0 bridgehead atoms. The molecule has 1 N–H and O–H groups in total. The lowest BCUT2D eigenvalue weighted by Gasteiger charge is -2.20. The Bertz CT molecular complexity index is 899. The second kappa shape index (κ2) is 8.83. The van der Waals surface area contributed by atoms with E-state index in [1.54, 1.807) is 24.3 Å². The lowest BCUT2D eigenvalue weighted by molar-refractivity contribution is -0.138. The van der Waals surface area contributed by atoms with Gasteiger partial charge in [-0.3, -0.25) is 4.90 Å². The predicted molar refractivity (Wildman–Crippen MR) is 109 cm³/mol. The zero-order valence-electron chi connectivity index (χ0n) is 17.0. The number of hydrogen-bond donors (Lipinski definition) is 1. The topological polar surface area (TPSA) is 54.0 Å². The number of fused-ring (bicyclic) bond motifs is 1. The first-order valence-corrected chi connectivity index (χ1v) is 9.43. The van der Waals surface area contributed by atoms with Crippen molar-refractivity contribution >= 4 is 17.4 Å². The summed E-state index contributed by atoms with van der Waals surface area (Å²) in [6, 6.07) is 8.68. The van der Waals surface area contributed by atoms with Crippen LogP contribution in [0.4, 0.5) is 29.3 Å². The molecular formula is C21H24F3N3O3. The van der Waals surface area contributed by atoms with Gasteiger partial charge in [-0.15, -0.1) is 0 Å². The summed E-state index contributed by atoms with van der Waals surface area (Å²) in [6.07, 6.45) is -4.12. The fourth-order valence-corrected chi connectivity index (χ4v) is 3.19. The maximum Gasteiger partial charge on any atom is 0.420 e. The largest absolute Gasteiger partial charge is 0.496 e. The van der Waals surface area contributed by atoms with Crippen LogP contribution in [-0.2, 0) is 12.6 Å². The standard InChI is InChI=1S/C21H24F3N3O3/c1-26(2)10-11-30-16-6-4-15(5-7-16)25-20(28)27-9-8-14-12-19(29-3)17(13-18(14)27)21(22,23)24/h4-7,12-13H,8-11H2,1-3H3,(H,25,28). The second-order valence-electron chi connectivity index (χ2n) is 7.19. The lowest BCUT2D eigenvalue weighted by atomic mass is 10.1. The van der Waals surface area contributed by atoms with Crippen molar-refractivity contribution in [3.05, 3.63) is 47.5 Å². The molecule has 162 valence electrons. The number of likely N-dealkylation sites (N-methyl/N-ethyl adjacent to an activating group) is 1. The number of carbonyl (C=O) groups is 1. The van der Waals surface area contributed by atoms with E-state index < -0.39 is 17.8 Å². The minimum Gasteiger partial charge on any atom is -0.496 e. The number of nitrogens with one attached hydrogen (secondary N) is 1. The molecule has 0 atom stereocenters. The van der Waals surface area contributed by atoms with Crippen LogP contribution in [0.1, 0.15) is 11.1 Å². The number of ether oxygens (including phenoxy) is 2. The first-order chi connectivity index (χ1) is 14.2. The molecule has 0 fully saturated rings. The number of benzene rings is 2. The van der Waals surface area contributed by atoms with E-state index in [-0.39, 0.29) is 18.0 Å².